The number of benzene rings is 1. The summed E-state index contributed by atoms with van der Waals surface area (Å²) in [6.07, 6.45) is 1.92. The summed E-state index contributed by atoms with van der Waals surface area (Å²) >= 11 is 0. The molecule has 0 bridgehead atoms. The van der Waals surface area contributed by atoms with E-state index in [4.69, 9.17) is 4.52 Å². The monoisotopic (exact) mass is 259 g/mol. The van der Waals surface area contributed by atoms with E-state index in [9.17, 15) is 0 Å². The summed E-state index contributed by atoms with van der Waals surface area (Å²) in [5.74, 6) is 1.50. The number of hydrogen-bond donors (Lipinski definition) is 0. The van der Waals surface area contributed by atoms with Gasteiger partial charge in [0.05, 0.1) is 6.54 Å². The second kappa shape index (κ2) is 6.48. The Balaban J connectivity index is 1.93. The number of aryl methyl sites for hydroxylation is 2. The summed E-state index contributed by atoms with van der Waals surface area (Å²) in [4.78, 5) is 6.57. The first-order chi connectivity index (χ1) is 9.19. The molecule has 4 nitrogen and oxygen atoms in total. The van der Waals surface area contributed by atoms with Crippen LogP contribution in [0.3, 0.4) is 0 Å². The molecule has 0 spiro atoms. The highest BCUT2D eigenvalue weighted by Crippen LogP contribution is 2.11. The zero-order chi connectivity index (χ0) is 13.7. The van der Waals surface area contributed by atoms with E-state index in [0.717, 1.165) is 25.2 Å². The topological polar surface area (TPSA) is 42.2 Å². The van der Waals surface area contributed by atoms with Crippen LogP contribution in [0, 0.1) is 6.92 Å². The van der Waals surface area contributed by atoms with Crippen molar-refractivity contribution in [1.29, 1.82) is 0 Å². The van der Waals surface area contributed by atoms with E-state index in [2.05, 4.69) is 60.2 Å². The Bertz CT molecular complexity index is 522. The van der Waals surface area contributed by atoms with Crippen molar-refractivity contribution in [2.45, 2.75) is 39.8 Å². The Kier molecular flexibility index (Phi) is 4.68. The highest BCUT2D eigenvalue weighted by molar-refractivity contribution is 5.25. The van der Waals surface area contributed by atoms with E-state index in [1.165, 1.54) is 11.1 Å². The molecule has 0 fully saturated rings. The van der Waals surface area contributed by atoms with Crippen LogP contribution in [0.25, 0.3) is 0 Å². The van der Waals surface area contributed by atoms with Gasteiger partial charge in [-0.25, -0.2) is 0 Å². The molecule has 0 aliphatic heterocycles. The van der Waals surface area contributed by atoms with Gasteiger partial charge in [0.25, 0.3) is 0 Å². The van der Waals surface area contributed by atoms with Crippen molar-refractivity contribution < 1.29 is 4.52 Å². The molecule has 1 aromatic carbocycles. The van der Waals surface area contributed by atoms with Crippen LogP contribution in [0.15, 0.2) is 28.8 Å². The van der Waals surface area contributed by atoms with Gasteiger partial charge < -0.3 is 4.52 Å². The first-order valence-electron chi connectivity index (χ1n) is 6.73. The van der Waals surface area contributed by atoms with Crippen molar-refractivity contribution >= 4 is 0 Å². The fourth-order valence-electron chi connectivity index (χ4n) is 2.04. The smallest absolute Gasteiger partial charge is 0.240 e. The van der Waals surface area contributed by atoms with Crippen LogP contribution in [-0.4, -0.2) is 22.1 Å². The molecule has 0 aliphatic carbocycles. The largest absolute Gasteiger partial charge is 0.338 e. The van der Waals surface area contributed by atoms with E-state index in [0.29, 0.717) is 12.4 Å². The molecule has 0 radical (unpaired) electrons. The molecule has 0 atom stereocenters. The summed E-state index contributed by atoms with van der Waals surface area (Å²) in [5.41, 5.74) is 2.64. The van der Waals surface area contributed by atoms with Gasteiger partial charge in [-0.2, -0.15) is 4.98 Å². The molecule has 0 saturated carbocycles. The van der Waals surface area contributed by atoms with Crippen molar-refractivity contribution in [2.75, 3.05) is 7.05 Å². The predicted molar refractivity (Wildman–Crippen MR) is 74.6 cm³/mol. The molecular formula is C15H21N3O. The van der Waals surface area contributed by atoms with Crippen molar-refractivity contribution in [1.82, 2.24) is 15.0 Å². The third kappa shape index (κ3) is 3.89. The second-order valence-electron chi connectivity index (χ2n) is 4.95. The maximum Gasteiger partial charge on any atom is 0.240 e. The van der Waals surface area contributed by atoms with Crippen LogP contribution < -0.4 is 0 Å². The number of nitrogens with zero attached hydrogens (tertiary/aromatic N) is 3. The van der Waals surface area contributed by atoms with Crippen LogP contribution in [0.5, 0.6) is 0 Å². The zero-order valence-electron chi connectivity index (χ0n) is 11.9. The maximum atomic E-state index is 5.25. The Labute approximate surface area is 114 Å². The predicted octanol–water partition coefficient (Wildman–Crippen LogP) is 2.96. The van der Waals surface area contributed by atoms with E-state index < -0.39 is 0 Å². The van der Waals surface area contributed by atoms with Gasteiger partial charge in [0, 0.05) is 13.0 Å². The lowest BCUT2D eigenvalue weighted by atomic mass is 10.1. The lowest BCUT2D eigenvalue weighted by Crippen LogP contribution is -2.18. The summed E-state index contributed by atoms with van der Waals surface area (Å²) in [7, 11) is 2.07. The van der Waals surface area contributed by atoms with Gasteiger partial charge in [-0.3, -0.25) is 4.90 Å². The van der Waals surface area contributed by atoms with Crippen LogP contribution in [0.1, 0.15) is 36.2 Å². The third-order valence-electron chi connectivity index (χ3n) is 3.09. The van der Waals surface area contributed by atoms with Crippen LogP contribution in [0.2, 0.25) is 0 Å². The molecule has 0 amide bonds. The molecule has 0 aliphatic rings. The Hall–Kier alpha value is -1.68. The van der Waals surface area contributed by atoms with E-state index in [1.54, 1.807) is 0 Å². The van der Waals surface area contributed by atoms with Crippen LogP contribution in [-0.2, 0) is 19.5 Å². The molecule has 0 N–H and O–H groups in total. The Morgan fingerprint density at radius 1 is 1.21 bits per heavy atom. The summed E-state index contributed by atoms with van der Waals surface area (Å²) in [6.45, 7) is 5.82. The van der Waals surface area contributed by atoms with Crippen molar-refractivity contribution in [3.63, 3.8) is 0 Å². The van der Waals surface area contributed by atoms with Gasteiger partial charge in [-0.15, -0.1) is 0 Å². The molecule has 2 aromatic rings. The SMILES string of the molecule is CCCc1noc(CN(C)Cc2ccccc2C)n1. The molecule has 19 heavy (non-hydrogen) atoms. The molecular weight excluding hydrogens is 238 g/mol. The Morgan fingerprint density at radius 3 is 2.74 bits per heavy atom. The molecule has 2 rings (SSSR count). The minimum atomic E-state index is 0.686. The van der Waals surface area contributed by atoms with Crippen LogP contribution in [0.4, 0.5) is 0 Å². The summed E-state index contributed by atoms with van der Waals surface area (Å²) in [5, 5.41) is 3.97. The number of hydrogen-bond acceptors (Lipinski definition) is 4. The van der Waals surface area contributed by atoms with Crippen LogP contribution >= 0.6 is 0 Å². The average molecular weight is 259 g/mol. The molecule has 0 saturated heterocycles. The zero-order valence-corrected chi connectivity index (χ0v) is 11.9. The third-order valence-corrected chi connectivity index (χ3v) is 3.09. The maximum absolute atomic E-state index is 5.25. The lowest BCUT2D eigenvalue weighted by Gasteiger charge is -2.15. The molecule has 0 unspecified atom stereocenters. The highest BCUT2D eigenvalue weighted by atomic mass is 16.5. The van der Waals surface area contributed by atoms with E-state index in [1.807, 2.05) is 0 Å². The van der Waals surface area contributed by atoms with Gasteiger partial charge in [-0.05, 0) is 31.5 Å². The van der Waals surface area contributed by atoms with Gasteiger partial charge >= 0.3 is 0 Å². The van der Waals surface area contributed by atoms with E-state index >= 15 is 0 Å². The quantitative estimate of drug-likeness (QED) is 0.800. The van der Waals surface area contributed by atoms with Gasteiger partial charge in [0.1, 0.15) is 0 Å². The van der Waals surface area contributed by atoms with Crippen molar-refractivity contribution in [3.05, 3.63) is 47.1 Å². The first-order valence-corrected chi connectivity index (χ1v) is 6.73. The number of aromatic nitrogens is 2. The standard InChI is InChI=1S/C15H21N3O/c1-4-7-14-16-15(19-17-14)11-18(3)10-13-9-6-5-8-12(13)2/h5-6,8-9H,4,7,10-11H2,1-3H3. The lowest BCUT2D eigenvalue weighted by molar-refractivity contribution is 0.260. The highest BCUT2D eigenvalue weighted by Gasteiger charge is 2.09. The minimum Gasteiger partial charge on any atom is -0.338 e. The minimum absolute atomic E-state index is 0.686. The fraction of sp³-hybridized carbons (Fsp3) is 0.467. The van der Waals surface area contributed by atoms with Crippen molar-refractivity contribution in [3.8, 4) is 0 Å². The van der Waals surface area contributed by atoms with E-state index in [-0.39, 0.29) is 0 Å². The Morgan fingerprint density at radius 2 is 2.00 bits per heavy atom. The fourth-order valence-corrected chi connectivity index (χ4v) is 2.04. The summed E-state index contributed by atoms with van der Waals surface area (Å²) < 4.78 is 5.25. The molecule has 1 aromatic heterocycles. The van der Waals surface area contributed by atoms with Gasteiger partial charge in [0.2, 0.25) is 5.89 Å². The summed E-state index contributed by atoms with van der Waals surface area (Å²) in [6, 6.07) is 8.42. The van der Waals surface area contributed by atoms with Crippen molar-refractivity contribution in [2.24, 2.45) is 0 Å². The normalized spacial score (nSPS) is 11.2. The molecule has 4 heteroatoms. The van der Waals surface area contributed by atoms with Gasteiger partial charge in [0.15, 0.2) is 5.82 Å². The molecule has 1 heterocycles. The first kappa shape index (κ1) is 13.7. The second-order valence-corrected chi connectivity index (χ2v) is 4.95. The van der Waals surface area contributed by atoms with Gasteiger partial charge in [-0.1, -0.05) is 36.3 Å². The molecule has 102 valence electrons. The average Bonchev–Trinajstić information content (AvgIpc) is 2.80. The number of rotatable bonds is 6.